The third-order valence-electron chi connectivity index (χ3n) is 3.66. The number of carbonyl (C=O) groups excluding carboxylic acids is 1. The Balaban J connectivity index is 1.70. The Morgan fingerprint density at radius 2 is 2.00 bits per heavy atom. The lowest BCUT2D eigenvalue weighted by Crippen LogP contribution is -2.33. The lowest BCUT2D eigenvalue weighted by molar-refractivity contribution is -0.122. The third kappa shape index (κ3) is 4.58. The number of hydrogen-bond acceptors (Lipinski definition) is 5. The van der Waals surface area contributed by atoms with E-state index in [9.17, 15) is 9.59 Å². The zero-order valence-electron chi connectivity index (χ0n) is 14.3. The van der Waals surface area contributed by atoms with Gasteiger partial charge in [0.2, 0.25) is 5.91 Å². The van der Waals surface area contributed by atoms with Crippen molar-refractivity contribution in [1.29, 1.82) is 0 Å². The predicted octanol–water partition coefficient (Wildman–Crippen LogP) is 2.69. The van der Waals surface area contributed by atoms with Gasteiger partial charge in [-0.3, -0.25) is 9.59 Å². The van der Waals surface area contributed by atoms with Crippen LogP contribution in [0.3, 0.4) is 0 Å². The summed E-state index contributed by atoms with van der Waals surface area (Å²) in [5.74, 6) is 0.523. The maximum atomic E-state index is 12.1. The van der Waals surface area contributed by atoms with Gasteiger partial charge in [-0.2, -0.15) is 5.10 Å². The largest absolute Gasteiger partial charge is 0.494 e. The third-order valence-corrected chi connectivity index (χ3v) is 4.54. The summed E-state index contributed by atoms with van der Waals surface area (Å²) in [6.45, 7) is 2.86. The molecule has 1 amide bonds. The average Bonchev–Trinajstić information content (AvgIpc) is 3.16. The Labute approximate surface area is 155 Å². The number of hydrogen-bond donors (Lipinski definition) is 1. The van der Waals surface area contributed by atoms with E-state index in [1.54, 1.807) is 17.4 Å². The van der Waals surface area contributed by atoms with Crippen molar-refractivity contribution in [2.45, 2.75) is 20.0 Å². The van der Waals surface area contributed by atoms with Gasteiger partial charge in [-0.1, -0.05) is 6.07 Å². The highest BCUT2D eigenvalue weighted by atomic mass is 32.1. The number of benzene rings is 1. The Bertz CT molecular complexity index is 918. The molecule has 0 saturated heterocycles. The number of aromatic nitrogens is 2. The van der Waals surface area contributed by atoms with Crippen molar-refractivity contribution in [3.63, 3.8) is 0 Å². The van der Waals surface area contributed by atoms with Crippen LogP contribution in [0, 0.1) is 0 Å². The second-order valence-corrected chi connectivity index (χ2v) is 6.56. The molecule has 0 aliphatic heterocycles. The van der Waals surface area contributed by atoms with Crippen LogP contribution in [0.4, 0.5) is 0 Å². The Morgan fingerprint density at radius 3 is 2.69 bits per heavy atom. The molecule has 3 rings (SSSR count). The zero-order chi connectivity index (χ0) is 18.4. The van der Waals surface area contributed by atoms with Gasteiger partial charge >= 0.3 is 0 Å². The van der Waals surface area contributed by atoms with Gasteiger partial charge in [-0.15, -0.1) is 11.3 Å². The zero-order valence-corrected chi connectivity index (χ0v) is 15.2. The van der Waals surface area contributed by atoms with Crippen molar-refractivity contribution in [3.05, 3.63) is 69.1 Å². The van der Waals surface area contributed by atoms with Crippen molar-refractivity contribution >= 4 is 17.2 Å². The van der Waals surface area contributed by atoms with Gasteiger partial charge < -0.3 is 10.1 Å². The van der Waals surface area contributed by atoms with Crippen molar-refractivity contribution < 1.29 is 9.53 Å². The van der Waals surface area contributed by atoms with E-state index >= 15 is 0 Å². The number of thiophene rings is 1. The van der Waals surface area contributed by atoms with E-state index in [-0.39, 0.29) is 18.0 Å². The predicted molar refractivity (Wildman–Crippen MR) is 101 cm³/mol. The molecule has 0 spiro atoms. The fourth-order valence-corrected chi connectivity index (χ4v) is 3.04. The summed E-state index contributed by atoms with van der Waals surface area (Å²) in [6, 6.07) is 14.4. The molecule has 0 aliphatic rings. The minimum Gasteiger partial charge on any atom is -0.494 e. The number of nitrogens with zero attached hydrogens (tertiary/aromatic N) is 2. The van der Waals surface area contributed by atoms with Gasteiger partial charge in [-0.25, -0.2) is 4.68 Å². The molecule has 0 unspecified atom stereocenters. The maximum Gasteiger partial charge on any atom is 0.267 e. The molecule has 3 aromatic rings. The van der Waals surface area contributed by atoms with Gasteiger partial charge in [-0.05, 0) is 48.7 Å². The summed E-state index contributed by atoms with van der Waals surface area (Å²) in [5.41, 5.74) is 1.16. The normalized spacial score (nSPS) is 10.5. The summed E-state index contributed by atoms with van der Waals surface area (Å²) in [6.07, 6.45) is 0. The van der Waals surface area contributed by atoms with Gasteiger partial charge in [0, 0.05) is 16.5 Å². The number of nitrogens with one attached hydrogen (secondary N) is 1. The molecule has 2 aromatic heterocycles. The highest BCUT2D eigenvalue weighted by Gasteiger charge is 2.08. The Morgan fingerprint density at radius 1 is 1.19 bits per heavy atom. The molecule has 6 nitrogen and oxygen atoms in total. The Hall–Kier alpha value is -2.93. The highest BCUT2D eigenvalue weighted by Crippen LogP contribution is 2.19. The quantitative estimate of drug-likeness (QED) is 0.695. The number of carbonyl (C=O) groups is 1. The van der Waals surface area contributed by atoms with Gasteiger partial charge in [0.1, 0.15) is 12.3 Å². The molecule has 7 heteroatoms. The smallest absolute Gasteiger partial charge is 0.267 e. The SMILES string of the molecule is CCOc1ccc(-c2ccc(=O)n(CC(=O)NCc3cccs3)n2)cc1. The maximum absolute atomic E-state index is 12.1. The van der Waals surface area contributed by atoms with E-state index in [1.165, 1.54) is 10.7 Å². The molecule has 0 fully saturated rings. The molecule has 0 radical (unpaired) electrons. The lowest BCUT2D eigenvalue weighted by atomic mass is 10.1. The van der Waals surface area contributed by atoms with Crippen LogP contribution in [0.25, 0.3) is 11.3 Å². The highest BCUT2D eigenvalue weighted by molar-refractivity contribution is 7.09. The van der Waals surface area contributed by atoms with Crippen molar-refractivity contribution in [1.82, 2.24) is 15.1 Å². The summed E-state index contributed by atoms with van der Waals surface area (Å²) in [5, 5.41) is 9.06. The van der Waals surface area contributed by atoms with Crippen molar-refractivity contribution in [3.8, 4) is 17.0 Å². The van der Waals surface area contributed by atoms with E-state index in [4.69, 9.17) is 4.74 Å². The molecule has 1 N–H and O–H groups in total. The summed E-state index contributed by atoms with van der Waals surface area (Å²) < 4.78 is 6.60. The van der Waals surface area contributed by atoms with E-state index in [2.05, 4.69) is 10.4 Å². The van der Waals surface area contributed by atoms with Crippen LogP contribution in [0.1, 0.15) is 11.8 Å². The van der Waals surface area contributed by atoms with E-state index < -0.39 is 0 Å². The van der Waals surface area contributed by atoms with Crippen molar-refractivity contribution in [2.24, 2.45) is 0 Å². The standard InChI is InChI=1S/C19H19N3O3S/c1-2-25-15-7-5-14(6-8-15)17-9-10-19(24)22(21-17)13-18(23)20-12-16-4-3-11-26-16/h3-11H,2,12-13H2,1H3,(H,20,23). The molecule has 0 aliphatic carbocycles. The van der Waals surface area contributed by atoms with Gasteiger partial charge in [0.15, 0.2) is 0 Å². The number of ether oxygens (including phenoxy) is 1. The van der Waals surface area contributed by atoms with Crippen molar-refractivity contribution in [2.75, 3.05) is 6.61 Å². The van der Waals surface area contributed by atoms with Gasteiger partial charge in [0.05, 0.1) is 18.8 Å². The first-order chi connectivity index (χ1) is 12.7. The van der Waals surface area contributed by atoms with E-state index in [1.807, 2.05) is 48.7 Å². The molecule has 1 aromatic carbocycles. The molecule has 0 bridgehead atoms. The summed E-state index contributed by atoms with van der Waals surface area (Å²) in [7, 11) is 0. The molecule has 0 saturated carbocycles. The first-order valence-electron chi connectivity index (χ1n) is 8.26. The van der Waals surface area contributed by atoms with Crippen LogP contribution < -0.4 is 15.6 Å². The lowest BCUT2D eigenvalue weighted by Gasteiger charge is -2.08. The first-order valence-corrected chi connectivity index (χ1v) is 9.14. The summed E-state index contributed by atoms with van der Waals surface area (Å²) >= 11 is 1.57. The van der Waals surface area contributed by atoms with Crippen LogP contribution in [-0.4, -0.2) is 22.3 Å². The van der Waals surface area contributed by atoms with Gasteiger partial charge in [0.25, 0.3) is 5.56 Å². The fraction of sp³-hybridized carbons (Fsp3) is 0.211. The topological polar surface area (TPSA) is 73.2 Å². The minimum absolute atomic E-state index is 0.116. The Kier molecular flexibility index (Phi) is 5.80. The molecule has 26 heavy (non-hydrogen) atoms. The van der Waals surface area contributed by atoms with Crippen LogP contribution in [0.15, 0.2) is 58.7 Å². The molecular weight excluding hydrogens is 350 g/mol. The van der Waals surface area contributed by atoms with Crippen LogP contribution >= 0.6 is 11.3 Å². The monoisotopic (exact) mass is 369 g/mol. The van der Waals surface area contributed by atoms with E-state index in [0.717, 1.165) is 16.2 Å². The second kappa shape index (κ2) is 8.44. The fourth-order valence-electron chi connectivity index (χ4n) is 2.40. The van der Waals surface area contributed by atoms with Crippen LogP contribution in [-0.2, 0) is 17.9 Å². The molecule has 2 heterocycles. The van der Waals surface area contributed by atoms with E-state index in [0.29, 0.717) is 18.8 Å². The summed E-state index contributed by atoms with van der Waals surface area (Å²) in [4.78, 5) is 25.2. The number of amides is 1. The molecular formula is C19H19N3O3S. The molecule has 0 atom stereocenters. The minimum atomic E-state index is -0.314. The second-order valence-electron chi connectivity index (χ2n) is 5.53. The number of rotatable bonds is 7. The molecule has 134 valence electrons. The van der Waals surface area contributed by atoms with Crippen LogP contribution in [0.2, 0.25) is 0 Å². The average molecular weight is 369 g/mol. The van der Waals surface area contributed by atoms with Crippen LogP contribution in [0.5, 0.6) is 5.75 Å². The first kappa shape index (κ1) is 17.9.